The Bertz CT molecular complexity index is 3540. The van der Waals surface area contributed by atoms with Gasteiger partial charge in [0.1, 0.15) is 11.2 Å². The maximum atomic E-state index is 6.44. The van der Waals surface area contributed by atoms with Crippen LogP contribution in [0, 0.1) is 0 Å². The van der Waals surface area contributed by atoms with Crippen LogP contribution in [-0.2, 0) is 0 Å². The third kappa shape index (κ3) is 7.27. The molecule has 1 aromatic heterocycles. The summed E-state index contributed by atoms with van der Waals surface area (Å²) in [6, 6.07) is 99.1. The molecule has 0 aliphatic heterocycles. The lowest BCUT2D eigenvalue weighted by atomic mass is 9.98. The summed E-state index contributed by atoms with van der Waals surface area (Å²) in [6.07, 6.45) is 0. The van der Waals surface area contributed by atoms with Crippen molar-refractivity contribution in [1.82, 2.24) is 0 Å². The zero-order valence-corrected chi connectivity index (χ0v) is 37.6. The maximum absolute atomic E-state index is 6.44. The SMILES string of the molecule is c1ccc(-c2ccc3oc4ccc(N(c5ccc(-c6ccc(S(c7ccccc7)(c7ccccc7)c7ccccc7)cc6)cc5)c5ccc(-c6cccc7ccccc67)cc5)cc4c3c2)cc1. The van der Waals surface area contributed by atoms with Crippen LogP contribution in [0.5, 0.6) is 0 Å². The van der Waals surface area contributed by atoms with E-state index in [1.807, 2.05) is 0 Å². The largest absolute Gasteiger partial charge is 0.456 e. The molecule has 11 aromatic carbocycles. The van der Waals surface area contributed by atoms with Crippen LogP contribution in [0.15, 0.2) is 297 Å². The van der Waals surface area contributed by atoms with E-state index in [0.29, 0.717) is 0 Å². The first kappa shape index (κ1) is 40.2. The molecule has 0 unspecified atom stereocenters. The van der Waals surface area contributed by atoms with E-state index in [0.717, 1.165) is 50.1 Å². The molecule has 0 radical (unpaired) electrons. The summed E-state index contributed by atoms with van der Waals surface area (Å²) in [7, 11) is -1.78. The summed E-state index contributed by atoms with van der Waals surface area (Å²) in [5, 5.41) is 4.67. The zero-order valence-electron chi connectivity index (χ0n) is 36.7. The summed E-state index contributed by atoms with van der Waals surface area (Å²) in [6.45, 7) is 0. The summed E-state index contributed by atoms with van der Waals surface area (Å²) in [5.74, 6) is 0. The molecule has 3 heteroatoms. The van der Waals surface area contributed by atoms with Gasteiger partial charge in [0.05, 0.1) is 0 Å². The normalized spacial score (nSPS) is 11.8. The number of anilines is 3. The Kier molecular flexibility index (Phi) is 10.3. The summed E-state index contributed by atoms with van der Waals surface area (Å²) in [5.41, 5.74) is 12.0. The fraction of sp³-hybridized carbons (Fsp3) is 0. The van der Waals surface area contributed by atoms with Gasteiger partial charge in [-0.3, -0.25) is 0 Å². The molecule has 2 nitrogen and oxygen atoms in total. The number of hydrogen-bond acceptors (Lipinski definition) is 2. The molecule has 0 atom stereocenters. The molecule has 12 rings (SSSR count). The maximum Gasteiger partial charge on any atom is 0.135 e. The third-order valence-electron chi connectivity index (χ3n) is 13.0. The monoisotopic (exact) mass is 875 g/mol. The summed E-state index contributed by atoms with van der Waals surface area (Å²) >= 11 is 0. The van der Waals surface area contributed by atoms with Crippen molar-refractivity contribution in [2.24, 2.45) is 0 Å². The third-order valence-corrected chi connectivity index (χ3v) is 16.9. The van der Waals surface area contributed by atoms with Gasteiger partial charge in [0.15, 0.2) is 0 Å². The summed E-state index contributed by atoms with van der Waals surface area (Å²) < 4.78 is 6.44. The van der Waals surface area contributed by atoms with Crippen molar-refractivity contribution < 1.29 is 4.42 Å². The second kappa shape index (κ2) is 17.2. The van der Waals surface area contributed by atoms with Crippen LogP contribution in [0.1, 0.15) is 0 Å². The fourth-order valence-corrected chi connectivity index (χ4v) is 13.6. The molecule has 0 bridgehead atoms. The molecule has 67 heavy (non-hydrogen) atoms. The highest BCUT2D eigenvalue weighted by molar-refractivity contribution is 8.34. The second-order valence-corrected chi connectivity index (χ2v) is 20.0. The molecule has 0 saturated carbocycles. The standard InChI is InChI=1S/C64H45NOS/c1-5-16-46(17-6-1)51-34-42-63-61(44-51)62-45-54(39-43-64(62)66-63)65(53-37-30-50(31-38-53)60-27-15-19-49-18-13-14-26-59(49)60)52-35-28-47(29-36-52)48-32-40-58(41-33-48)67(55-20-7-2-8-21-55,56-22-9-3-10-23-56)57-24-11-4-12-25-57/h1-45H. The molecule has 0 aliphatic rings. The van der Waals surface area contributed by atoms with Gasteiger partial charge >= 0.3 is 0 Å². The van der Waals surface area contributed by atoms with Gasteiger partial charge < -0.3 is 9.32 Å². The highest BCUT2D eigenvalue weighted by Gasteiger charge is 2.33. The van der Waals surface area contributed by atoms with Gasteiger partial charge in [0.25, 0.3) is 0 Å². The number of nitrogens with zero attached hydrogens (tertiary/aromatic N) is 1. The molecule has 0 aliphatic carbocycles. The molecule has 12 aromatic rings. The molecule has 0 spiro atoms. The Morgan fingerprint density at radius 3 is 1.28 bits per heavy atom. The van der Waals surface area contributed by atoms with Gasteiger partial charge in [-0.05, 0) is 147 Å². The van der Waals surface area contributed by atoms with Crippen LogP contribution >= 0.6 is 10.0 Å². The number of rotatable bonds is 10. The molecule has 0 fully saturated rings. The minimum atomic E-state index is -1.78. The zero-order chi connectivity index (χ0) is 44.6. The Balaban J connectivity index is 0.948. The van der Waals surface area contributed by atoms with E-state index in [1.54, 1.807) is 0 Å². The predicted octanol–water partition coefficient (Wildman–Crippen LogP) is 18.6. The van der Waals surface area contributed by atoms with E-state index < -0.39 is 10.0 Å². The van der Waals surface area contributed by atoms with Crippen LogP contribution in [0.25, 0.3) is 66.1 Å². The van der Waals surface area contributed by atoms with E-state index in [-0.39, 0.29) is 0 Å². The van der Waals surface area contributed by atoms with E-state index in [2.05, 4.69) is 278 Å². The molecule has 318 valence electrons. The Hall–Kier alpha value is -8.37. The topological polar surface area (TPSA) is 16.4 Å². The lowest BCUT2D eigenvalue weighted by Crippen LogP contribution is -2.09. The molecular weight excluding hydrogens is 831 g/mol. The van der Waals surface area contributed by atoms with Crippen molar-refractivity contribution in [3.63, 3.8) is 0 Å². The molecule has 0 amide bonds. The van der Waals surface area contributed by atoms with E-state index in [4.69, 9.17) is 4.42 Å². The highest BCUT2D eigenvalue weighted by atomic mass is 32.3. The average molecular weight is 876 g/mol. The first-order valence-electron chi connectivity index (χ1n) is 22.8. The number of fused-ring (bicyclic) bond motifs is 4. The predicted molar refractivity (Wildman–Crippen MR) is 282 cm³/mol. The lowest BCUT2D eigenvalue weighted by Gasteiger charge is -2.42. The van der Waals surface area contributed by atoms with Gasteiger partial charge in [0, 0.05) is 47.4 Å². The van der Waals surface area contributed by atoms with Crippen LogP contribution in [-0.4, -0.2) is 0 Å². The quantitative estimate of drug-likeness (QED) is 0.136. The van der Waals surface area contributed by atoms with E-state index in [9.17, 15) is 0 Å². The van der Waals surface area contributed by atoms with Gasteiger partial charge in [-0.25, -0.2) is 0 Å². The number of hydrogen-bond donors (Lipinski definition) is 0. The van der Waals surface area contributed by atoms with Crippen molar-refractivity contribution in [3.8, 4) is 33.4 Å². The highest BCUT2D eigenvalue weighted by Crippen LogP contribution is 2.73. The second-order valence-electron chi connectivity index (χ2n) is 16.9. The first-order valence-corrected chi connectivity index (χ1v) is 24.4. The minimum absolute atomic E-state index is 0.867. The Labute approximate surface area is 393 Å². The van der Waals surface area contributed by atoms with Crippen molar-refractivity contribution in [2.45, 2.75) is 19.6 Å². The van der Waals surface area contributed by atoms with Gasteiger partial charge in [-0.2, -0.15) is 0 Å². The van der Waals surface area contributed by atoms with Crippen molar-refractivity contribution in [2.75, 3.05) is 4.90 Å². The molecule has 0 saturated heterocycles. The molecule has 1 heterocycles. The minimum Gasteiger partial charge on any atom is -0.456 e. The first-order chi connectivity index (χ1) is 33.2. The number of benzene rings is 11. The van der Waals surface area contributed by atoms with Crippen molar-refractivity contribution in [3.05, 3.63) is 273 Å². The average Bonchev–Trinajstić information content (AvgIpc) is 3.78. The van der Waals surface area contributed by atoms with Crippen LogP contribution in [0.4, 0.5) is 17.1 Å². The fourth-order valence-electron chi connectivity index (χ4n) is 9.77. The molecular formula is C64H45NOS. The van der Waals surface area contributed by atoms with Gasteiger partial charge in [-0.1, -0.05) is 170 Å². The van der Waals surface area contributed by atoms with E-state index in [1.165, 1.54) is 52.6 Å². The number of furan rings is 1. The van der Waals surface area contributed by atoms with E-state index >= 15 is 0 Å². The van der Waals surface area contributed by atoms with Crippen molar-refractivity contribution in [1.29, 1.82) is 0 Å². The Morgan fingerprint density at radius 2 is 0.687 bits per heavy atom. The van der Waals surface area contributed by atoms with Gasteiger partial charge in [0.2, 0.25) is 0 Å². The van der Waals surface area contributed by atoms with Crippen LogP contribution in [0.2, 0.25) is 0 Å². The summed E-state index contributed by atoms with van der Waals surface area (Å²) in [4.78, 5) is 7.60. The Morgan fingerprint density at radius 1 is 0.269 bits per heavy atom. The smallest absolute Gasteiger partial charge is 0.135 e. The van der Waals surface area contributed by atoms with Crippen LogP contribution in [0.3, 0.4) is 0 Å². The van der Waals surface area contributed by atoms with Crippen molar-refractivity contribution >= 4 is 59.8 Å². The lowest BCUT2D eigenvalue weighted by molar-refractivity contribution is 0.669. The van der Waals surface area contributed by atoms with Crippen LogP contribution < -0.4 is 4.90 Å². The van der Waals surface area contributed by atoms with Gasteiger partial charge in [-0.15, -0.1) is 10.0 Å². The molecule has 0 N–H and O–H groups in total.